The van der Waals surface area contributed by atoms with Crippen LogP contribution in [0.3, 0.4) is 0 Å². The number of aliphatic hydroxyl groups excluding tert-OH is 1. The molecule has 0 spiro atoms. The largest absolute Gasteiger partial charge is 0.389 e. The van der Waals surface area contributed by atoms with Crippen molar-refractivity contribution in [3.8, 4) is 0 Å². The van der Waals surface area contributed by atoms with Crippen molar-refractivity contribution in [2.45, 2.75) is 89.6 Å². The highest BCUT2D eigenvalue weighted by Gasteiger charge is 2.50. The van der Waals surface area contributed by atoms with Gasteiger partial charge in [0.1, 0.15) is 17.5 Å². The van der Waals surface area contributed by atoms with Gasteiger partial charge in [0.15, 0.2) is 0 Å². The van der Waals surface area contributed by atoms with Crippen LogP contribution in [0.25, 0.3) is 10.2 Å². The molecule has 1 aromatic heterocycles. The lowest BCUT2D eigenvalue weighted by Gasteiger charge is -2.47. The van der Waals surface area contributed by atoms with Crippen molar-refractivity contribution in [1.82, 2.24) is 25.2 Å². The van der Waals surface area contributed by atoms with Gasteiger partial charge in [0.2, 0.25) is 21.8 Å². The molecule has 10 nitrogen and oxygen atoms in total. The van der Waals surface area contributed by atoms with E-state index < -0.39 is 51.0 Å². The maximum atomic E-state index is 14.8. The topological polar surface area (TPSA) is 141 Å². The first-order valence-corrected chi connectivity index (χ1v) is 19.5. The third-order valence-electron chi connectivity index (χ3n) is 9.26. The maximum Gasteiger partial charge on any atom is 0.245 e. The van der Waals surface area contributed by atoms with Crippen LogP contribution in [0, 0.1) is 17.7 Å². The monoisotopic (exact) mass is 739 g/mol. The predicted octanol–water partition coefficient (Wildman–Crippen LogP) is 5.57. The Kier molecular flexibility index (Phi) is 13.1. The number of rotatable bonds is 17. The van der Waals surface area contributed by atoms with Crippen LogP contribution >= 0.6 is 11.3 Å². The molecule has 0 fully saturated rings. The van der Waals surface area contributed by atoms with E-state index >= 15 is 0 Å². The number of aromatic nitrogens is 1. The minimum atomic E-state index is -4.35. The van der Waals surface area contributed by atoms with Gasteiger partial charge in [-0.25, -0.2) is 17.8 Å². The smallest absolute Gasteiger partial charge is 0.245 e. The van der Waals surface area contributed by atoms with E-state index in [4.69, 9.17) is 0 Å². The Morgan fingerprint density at radius 3 is 2.33 bits per heavy atom. The molecule has 276 valence electrons. The summed E-state index contributed by atoms with van der Waals surface area (Å²) in [6.07, 6.45) is -0.940. The Bertz CT molecular complexity index is 1900. The van der Waals surface area contributed by atoms with Gasteiger partial charge in [-0.15, -0.1) is 11.3 Å². The second-order valence-corrected chi connectivity index (χ2v) is 16.8. The number of aliphatic hydroxyl groups is 1. The summed E-state index contributed by atoms with van der Waals surface area (Å²) in [5.74, 6) is -2.07. The van der Waals surface area contributed by atoms with E-state index in [9.17, 15) is 27.5 Å². The van der Waals surface area contributed by atoms with Crippen LogP contribution in [-0.2, 0) is 31.6 Å². The van der Waals surface area contributed by atoms with E-state index in [2.05, 4.69) is 20.9 Å². The number of hydrogen-bond donors (Lipinski definition) is 4. The summed E-state index contributed by atoms with van der Waals surface area (Å²) in [5, 5.41) is 20.7. The summed E-state index contributed by atoms with van der Waals surface area (Å²) in [6, 6.07) is 18.8. The molecule has 0 saturated heterocycles. The number of benzene rings is 3. The molecule has 51 heavy (non-hydrogen) atoms. The number of fused-ring (bicyclic) bond motifs is 1. The molecular formula is C38H50FN5O5S2. The molecule has 4 aromatic rings. The number of halogens is 1. The van der Waals surface area contributed by atoms with Gasteiger partial charge in [0.25, 0.3) is 0 Å². The Morgan fingerprint density at radius 1 is 1.00 bits per heavy atom. The molecule has 0 aliphatic rings. The third-order valence-corrected chi connectivity index (χ3v) is 12.0. The first kappa shape index (κ1) is 40.0. The molecule has 2 amide bonds. The molecule has 0 saturated carbocycles. The second-order valence-electron chi connectivity index (χ2n) is 14.1. The van der Waals surface area contributed by atoms with Gasteiger partial charge in [-0.3, -0.25) is 14.9 Å². The Balaban J connectivity index is 1.73. The number of sulfonamides is 1. The molecule has 4 atom stereocenters. The van der Waals surface area contributed by atoms with Crippen molar-refractivity contribution >= 4 is 43.4 Å². The van der Waals surface area contributed by atoms with Crippen molar-refractivity contribution in [3.05, 3.63) is 95.3 Å². The minimum Gasteiger partial charge on any atom is -0.389 e. The summed E-state index contributed by atoms with van der Waals surface area (Å²) >= 11 is 1.31. The fourth-order valence-corrected chi connectivity index (χ4v) is 8.73. The van der Waals surface area contributed by atoms with Crippen LogP contribution in [0.1, 0.15) is 66.0 Å². The van der Waals surface area contributed by atoms with Gasteiger partial charge in [0, 0.05) is 18.5 Å². The molecule has 0 aliphatic heterocycles. The summed E-state index contributed by atoms with van der Waals surface area (Å²) in [5.41, 5.74) is 1.01. The fraction of sp³-hybridized carbons (Fsp3) is 0.447. The van der Waals surface area contributed by atoms with E-state index in [1.165, 1.54) is 40.8 Å². The van der Waals surface area contributed by atoms with E-state index in [0.717, 1.165) is 0 Å². The van der Waals surface area contributed by atoms with Crippen molar-refractivity contribution < 1.29 is 27.5 Å². The van der Waals surface area contributed by atoms with Crippen LogP contribution < -0.4 is 16.0 Å². The highest BCUT2D eigenvalue weighted by Crippen LogP contribution is 2.33. The number of hydrogen-bond acceptors (Lipinski definition) is 8. The highest BCUT2D eigenvalue weighted by atomic mass is 32.2. The van der Waals surface area contributed by atoms with Crippen molar-refractivity contribution in [2.24, 2.45) is 11.8 Å². The van der Waals surface area contributed by atoms with Gasteiger partial charge in [-0.2, -0.15) is 4.31 Å². The highest BCUT2D eigenvalue weighted by molar-refractivity contribution is 7.89. The van der Waals surface area contributed by atoms with E-state index in [-0.39, 0.29) is 36.2 Å². The number of nitrogens with one attached hydrogen (secondary N) is 3. The van der Waals surface area contributed by atoms with Gasteiger partial charge >= 0.3 is 0 Å². The number of carbonyl (C=O) groups is 2. The molecule has 13 heteroatoms. The van der Waals surface area contributed by atoms with Gasteiger partial charge < -0.3 is 15.7 Å². The van der Waals surface area contributed by atoms with Crippen molar-refractivity contribution in [3.63, 3.8) is 0 Å². The Hall–Kier alpha value is -3.75. The average Bonchev–Trinajstić information content (AvgIpc) is 3.56. The van der Waals surface area contributed by atoms with Gasteiger partial charge in [0.05, 0.1) is 33.3 Å². The lowest BCUT2D eigenvalue weighted by molar-refractivity contribution is -0.135. The second kappa shape index (κ2) is 16.7. The van der Waals surface area contributed by atoms with E-state index in [1.54, 1.807) is 29.8 Å². The zero-order chi connectivity index (χ0) is 37.6. The van der Waals surface area contributed by atoms with Crippen LogP contribution in [0.2, 0.25) is 0 Å². The van der Waals surface area contributed by atoms with E-state index in [1.807, 2.05) is 71.9 Å². The zero-order valence-corrected chi connectivity index (χ0v) is 31.9. The zero-order valence-electron chi connectivity index (χ0n) is 30.3. The number of amides is 2. The minimum absolute atomic E-state index is 0.00556. The molecule has 3 aromatic carbocycles. The Morgan fingerprint density at radius 2 is 1.71 bits per heavy atom. The van der Waals surface area contributed by atoms with Crippen LogP contribution in [0.5, 0.6) is 0 Å². The summed E-state index contributed by atoms with van der Waals surface area (Å²) in [6.45, 7) is 12.4. The third kappa shape index (κ3) is 9.58. The molecule has 1 heterocycles. The molecule has 4 rings (SSSR count). The van der Waals surface area contributed by atoms with E-state index in [0.29, 0.717) is 27.8 Å². The SMILES string of the molecule is CCC(C)C(NC(=O)CNC(C)(C)c1cccc(F)c1)C(=O)N[C@](Cc1ccccc1)([C@@H](C)O)N(CC(C)C)S(=O)(=O)c1ccc2ncsc2c1. The first-order chi connectivity index (χ1) is 24.0. The lowest BCUT2D eigenvalue weighted by Crippen LogP contribution is -2.71. The maximum absolute atomic E-state index is 14.8. The van der Waals surface area contributed by atoms with Crippen LogP contribution in [-0.4, -0.2) is 65.5 Å². The van der Waals surface area contributed by atoms with Crippen molar-refractivity contribution in [2.75, 3.05) is 13.1 Å². The summed E-state index contributed by atoms with van der Waals surface area (Å²) < 4.78 is 45.4. The molecule has 0 bridgehead atoms. The lowest BCUT2D eigenvalue weighted by atomic mass is 9.91. The van der Waals surface area contributed by atoms with Crippen LogP contribution in [0.4, 0.5) is 4.39 Å². The standard InChI is InChI=1S/C38H50FN5O5S2/c1-8-26(4)35(42-34(46)22-41-37(6,7)29-15-12-16-30(39)19-29)36(47)43-38(27(5)45,21-28-13-10-9-11-14-28)44(23-25(2)3)51(48,49)31-17-18-32-33(20-31)50-24-40-32/h9-20,24-27,35,41,45H,8,21-23H2,1-7H3,(H,42,46)(H,43,47)/t26?,27-,35?,38+/m1/s1. The van der Waals surface area contributed by atoms with Crippen LogP contribution in [0.15, 0.2) is 83.2 Å². The number of carbonyl (C=O) groups excluding carboxylic acids is 2. The quantitative estimate of drug-likeness (QED) is 0.104. The Labute approximate surface area is 304 Å². The average molecular weight is 740 g/mol. The molecule has 2 unspecified atom stereocenters. The van der Waals surface area contributed by atoms with Gasteiger partial charge in [-0.1, -0.05) is 76.6 Å². The number of thiazole rings is 1. The predicted molar refractivity (Wildman–Crippen MR) is 200 cm³/mol. The van der Waals surface area contributed by atoms with Crippen molar-refractivity contribution in [1.29, 1.82) is 0 Å². The summed E-state index contributed by atoms with van der Waals surface area (Å²) in [7, 11) is -4.35. The summed E-state index contributed by atoms with van der Waals surface area (Å²) in [4.78, 5) is 32.2. The molecular weight excluding hydrogens is 690 g/mol. The van der Waals surface area contributed by atoms with Gasteiger partial charge in [-0.05, 0) is 74.1 Å². The molecule has 4 N–H and O–H groups in total. The molecule has 0 radical (unpaired) electrons. The first-order valence-electron chi connectivity index (χ1n) is 17.2. The normalized spacial score (nSPS) is 15.4. The fourth-order valence-electron chi connectivity index (χ4n) is 5.99. The molecule has 0 aliphatic carbocycles. The number of nitrogens with zero attached hydrogens (tertiary/aromatic N) is 2.